The van der Waals surface area contributed by atoms with Gasteiger partial charge in [0.2, 0.25) is 5.95 Å². The van der Waals surface area contributed by atoms with E-state index in [0.29, 0.717) is 0 Å². The normalized spacial score (nSPS) is 14.9. The number of aromatic amines is 1. The Balaban J connectivity index is 0.00000289. The van der Waals surface area contributed by atoms with E-state index in [1.165, 1.54) is 17.7 Å². The molecule has 3 heterocycles. The van der Waals surface area contributed by atoms with Crippen LogP contribution in [0.2, 0.25) is 0 Å². The van der Waals surface area contributed by atoms with Crippen molar-refractivity contribution in [2.75, 3.05) is 57.8 Å². The maximum Gasteiger partial charge on any atom is 0.225 e. The minimum absolute atomic E-state index is 0. The van der Waals surface area contributed by atoms with E-state index < -0.39 is 0 Å². The number of aliphatic imine (C=N–C) groups is 1. The van der Waals surface area contributed by atoms with E-state index in [-0.39, 0.29) is 29.8 Å². The van der Waals surface area contributed by atoms with Crippen LogP contribution in [-0.2, 0) is 6.42 Å². The van der Waals surface area contributed by atoms with E-state index >= 15 is 0 Å². The highest BCUT2D eigenvalue weighted by Crippen LogP contribution is 2.19. The molecular formula is C22H30FIN8. The lowest BCUT2D eigenvalue weighted by atomic mass is 10.1. The van der Waals surface area contributed by atoms with Gasteiger partial charge in [-0.2, -0.15) is 0 Å². The van der Waals surface area contributed by atoms with Gasteiger partial charge in [-0.15, -0.1) is 24.0 Å². The summed E-state index contributed by atoms with van der Waals surface area (Å²) in [4.78, 5) is 20.8. The smallest absolute Gasteiger partial charge is 0.225 e. The maximum atomic E-state index is 13.3. The van der Waals surface area contributed by atoms with Crippen molar-refractivity contribution in [3.05, 3.63) is 54.2 Å². The number of fused-ring (bicyclic) bond motifs is 1. The molecule has 0 aliphatic carbocycles. The summed E-state index contributed by atoms with van der Waals surface area (Å²) in [5.41, 5.74) is 2.00. The Morgan fingerprint density at radius 1 is 1.12 bits per heavy atom. The van der Waals surface area contributed by atoms with Gasteiger partial charge in [0.25, 0.3) is 0 Å². The Morgan fingerprint density at radius 2 is 1.88 bits per heavy atom. The van der Waals surface area contributed by atoms with Gasteiger partial charge in [-0.25, -0.2) is 14.4 Å². The summed E-state index contributed by atoms with van der Waals surface area (Å²) < 4.78 is 13.3. The molecule has 0 saturated carbocycles. The zero-order valence-corrected chi connectivity index (χ0v) is 20.6. The number of piperazine rings is 1. The molecule has 1 saturated heterocycles. The summed E-state index contributed by atoms with van der Waals surface area (Å²) in [7, 11) is 1.78. The first-order chi connectivity index (χ1) is 15.2. The molecule has 0 atom stereocenters. The number of benzene rings is 1. The Hall–Kier alpha value is -2.47. The van der Waals surface area contributed by atoms with Crippen molar-refractivity contribution >= 4 is 46.8 Å². The first kappa shape index (κ1) is 24.2. The molecule has 0 bridgehead atoms. The van der Waals surface area contributed by atoms with Crippen LogP contribution in [0.25, 0.3) is 10.9 Å². The molecule has 172 valence electrons. The number of guanidine groups is 1. The maximum absolute atomic E-state index is 13.3. The van der Waals surface area contributed by atoms with Gasteiger partial charge in [-0.05, 0) is 36.2 Å². The van der Waals surface area contributed by atoms with Gasteiger partial charge in [0.15, 0.2) is 5.96 Å². The van der Waals surface area contributed by atoms with E-state index in [1.54, 1.807) is 19.4 Å². The van der Waals surface area contributed by atoms with Gasteiger partial charge in [0.05, 0.1) is 0 Å². The molecule has 10 heteroatoms. The number of rotatable bonds is 7. The molecule has 4 rings (SSSR count). The lowest BCUT2D eigenvalue weighted by Crippen LogP contribution is -2.49. The van der Waals surface area contributed by atoms with Gasteiger partial charge in [-0.1, -0.05) is 0 Å². The Kier molecular flexibility index (Phi) is 9.03. The molecule has 0 unspecified atom stereocenters. The van der Waals surface area contributed by atoms with Gasteiger partial charge >= 0.3 is 0 Å². The largest absolute Gasteiger partial charge is 0.361 e. The molecule has 0 radical (unpaired) electrons. The van der Waals surface area contributed by atoms with E-state index in [9.17, 15) is 4.39 Å². The van der Waals surface area contributed by atoms with Crippen molar-refractivity contribution in [2.24, 2.45) is 4.99 Å². The predicted octanol–water partition coefficient (Wildman–Crippen LogP) is 2.24. The minimum atomic E-state index is -0.224. The van der Waals surface area contributed by atoms with Crippen LogP contribution in [0.3, 0.4) is 0 Å². The molecule has 1 aromatic carbocycles. The van der Waals surface area contributed by atoms with Crippen molar-refractivity contribution in [1.82, 2.24) is 30.5 Å². The fraction of sp³-hybridized carbons (Fsp3) is 0.409. The third kappa shape index (κ3) is 6.28. The number of nitrogens with one attached hydrogen (secondary N) is 3. The molecule has 0 spiro atoms. The van der Waals surface area contributed by atoms with Crippen LogP contribution in [0.4, 0.5) is 10.3 Å². The van der Waals surface area contributed by atoms with Gasteiger partial charge in [-0.3, -0.25) is 9.89 Å². The number of halogens is 2. The summed E-state index contributed by atoms with van der Waals surface area (Å²) in [5.74, 6) is 1.38. The summed E-state index contributed by atoms with van der Waals surface area (Å²) in [5, 5.41) is 7.80. The molecule has 1 aliphatic rings. The summed E-state index contributed by atoms with van der Waals surface area (Å²) in [6.45, 7) is 6.39. The minimum Gasteiger partial charge on any atom is -0.361 e. The second-order valence-electron chi connectivity index (χ2n) is 7.56. The summed E-state index contributed by atoms with van der Waals surface area (Å²) in [6, 6.07) is 6.70. The molecule has 2 aromatic heterocycles. The van der Waals surface area contributed by atoms with Crippen LogP contribution < -0.4 is 15.5 Å². The van der Waals surface area contributed by atoms with Crippen LogP contribution in [0, 0.1) is 5.82 Å². The van der Waals surface area contributed by atoms with E-state index in [1.807, 2.05) is 18.3 Å². The van der Waals surface area contributed by atoms with Crippen LogP contribution >= 0.6 is 24.0 Å². The van der Waals surface area contributed by atoms with Crippen molar-refractivity contribution in [1.29, 1.82) is 0 Å². The first-order valence-electron chi connectivity index (χ1n) is 10.7. The second kappa shape index (κ2) is 12.0. The van der Waals surface area contributed by atoms with Gasteiger partial charge < -0.3 is 20.5 Å². The van der Waals surface area contributed by atoms with Crippen LogP contribution in [0.5, 0.6) is 0 Å². The lowest BCUT2D eigenvalue weighted by molar-refractivity contribution is 0.260. The number of H-pyrrole nitrogens is 1. The summed E-state index contributed by atoms with van der Waals surface area (Å²) >= 11 is 0. The molecule has 3 aromatic rings. The quantitative estimate of drug-likeness (QED) is 0.237. The number of aromatic nitrogens is 3. The highest BCUT2D eigenvalue weighted by molar-refractivity contribution is 14.0. The Morgan fingerprint density at radius 3 is 2.62 bits per heavy atom. The van der Waals surface area contributed by atoms with Crippen molar-refractivity contribution < 1.29 is 4.39 Å². The molecular weight excluding hydrogens is 522 g/mol. The number of hydrogen-bond donors (Lipinski definition) is 3. The van der Waals surface area contributed by atoms with E-state index in [0.717, 1.165) is 75.0 Å². The fourth-order valence-electron chi connectivity index (χ4n) is 3.86. The topological polar surface area (TPSA) is 84.5 Å². The van der Waals surface area contributed by atoms with Gasteiger partial charge in [0.1, 0.15) is 5.82 Å². The van der Waals surface area contributed by atoms with Crippen molar-refractivity contribution in [2.45, 2.75) is 6.42 Å². The van der Waals surface area contributed by atoms with E-state index in [2.05, 4.69) is 40.4 Å². The number of nitrogens with zero attached hydrogens (tertiary/aromatic N) is 5. The monoisotopic (exact) mass is 552 g/mol. The number of anilines is 1. The third-order valence-corrected chi connectivity index (χ3v) is 5.57. The Labute approximate surface area is 204 Å². The van der Waals surface area contributed by atoms with Crippen LogP contribution in [0.15, 0.2) is 47.8 Å². The predicted molar refractivity (Wildman–Crippen MR) is 137 cm³/mol. The highest BCUT2D eigenvalue weighted by Gasteiger charge is 2.18. The molecule has 3 N–H and O–H groups in total. The fourth-order valence-corrected chi connectivity index (χ4v) is 3.86. The molecule has 0 amide bonds. The average molecular weight is 552 g/mol. The SMILES string of the molecule is CN=C(NCCc1c[nH]c2cc(F)ccc12)NCCN1CCN(c2ncccn2)CC1.I. The lowest BCUT2D eigenvalue weighted by Gasteiger charge is -2.34. The van der Waals surface area contributed by atoms with Crippen molar-refractivity contribution in [3.8, 4) is 0 Å². The molecule has 32 heavy (non-hydrogen) atoms. The van der Waals surface area contributed by atoms with Crippen molar-refractivity contribution in [3.63, 3.8) is 0 Å². The average Bonchev–Trinajstić information content (AvgIpc) is 3.21. The zero-order chi connectivity index (χ0) is 21.5. The second-order valence-corrected chi connectivity index (χ2v) is 7.56. The van der Waals surface area contributed by atoms with Crippen LogP contribution in [-0.4, -0.2) is 78.7 Å². The first-order valence-corrected chi connectivity index (χ1v) is 10.7. The highest BCUT2D eigenvalue weighted by atomic mass is 127. The molecule has 1 aliphatic heterocycles. The van der Waals surface area contributed by atoms with E-state index in [4.69, 9.17) is 0 Å². The molecule has 1 fully saturated rings. The summed E-state index contributed by atoms with van der Waals surface area (Å²) in [6.07, 6.45) is 6.35. The Bertz CT molecular complexity index is 1000. The number of hydrogen-bond acceptors (Lipinski definition) is 5. The standard InChI is InChI=1S/C22H29FN8.HI/c1-24-21(25-8-5-17-16-29-20-15-18(23)3-4-19(17)20)26-9-10-30-11-13-31(14-12-30)22-27-6-2-7-28-22;/h2-4,6-7,15-16,29H,5,8-14H2,1H3,(H2,24,25,26);1H. The van der Waals surface area contributed by atoms with Crippen LogP contribution in [0.1, 0.15) is 5.56 Å². The third-order valence-electron chi connectivity index (χ3n) is 5.57. The van der Waals surface area contributed by atoms with Gasteiger partial charge in [0, 0.05) is 82.4 Å². The molecule has 8 nitrogen and oxygen atoms in total. The zero-order valence-electron chi connectivity index (χ0n) is 18.2.